The fourth-order valence-corrected chi connectivity index (χ4v) is 2.83. The number of ether oxygens (including phenoxy) is 1. The monoisotopic (exact) mass is 299 g/mol. The van der Waals surface area contributed by atoms with Gasteiger partial charge in [0.1, 0.15) is 12.4 Å². The lowest BCUT2D eigenvalue weighted by Crippen LogP contribution is -2.45. The van der Waals surface area contributed by atoms with Gasteiger partial charge >= 0.3 is 0 Å². The average Bonchev–Trinajstić information content (AvgIpc) is 2.84. The first-order valence-electron chi connectivity index (χ1n) is 7.59. The summed E-state index contributed by atoms with van der Waals surface area (Å²) in [7, 11) is 1.92. The highest BCUT2D eigenvalue weighted by molar-refractivity contribution is 5.96. The highest BCUT2D eigenvalue weighted by Gasteiger charge is 2.28. The summed E-state index contributed by atoms with van der Waals surface area (Å²) in [5, 5.41) is 4.23. The van der Waals surface area contributed by atoms with Crippen molar-refractivity contribution in [3.8, 4) is 5.75 Å². The van der Waals surface area contributed by atoms with Crippen molar-refractivity contribution in [1.82, 2.24) is 9.78 Å². The second-order valence-electron chi connectivity index (χ2n) is 5.77. The molecule has 5 heteroatoms. The number of aromatic nitrogens is 2. The summed E-state index contributed by atoms with van der Waals surface area (Å²) in [6, 6.07) is 7.77. The molecule has 0 aliphatic carbocycles. The maximum atomic E-state index is 12.7. The van der Waals surface area contributed by atoms with Crippen molar-refractivity contribution in [3.63, 3.8) is 0 Å². The molecule has 0 fully saturated rings. The first-order chi connectivity index (χ1) is 10.6. The summed E-state index contributed by atoms with van der Waals surface area (Å²) in [6.07, 6.45) is 3.04. The third-order valence-electron chi connectivity index (χ3n) is 4.26. The highest BCUT2D eigenvalue weighted by Crippen LogP contribution is 2.34. The van der Waals surface area contributed by atoms with Gasteiger partial charge in [-0.3, -0.25) is 9.48 Å². The molecule has 2 aromatic rings. The number of carbonyl (C=O) groups excluding carboxylic acids is 1. The third-order valence-corrected chi connectivity index (χ3v) is 4.26. The van der Waals surface area contributed by atoms with Crippen LogP contribution < -0.4 is 9.64 Å². The van der Waals surface area contributed by atoms with E-state index >= 15 is 0 Å². The van der Waals surface area contributed by atoms with E-state index in [2.05, 4.69) is 5.10 Å². The lowest BCUT2D eigenvalue weighted by Gasteiger charge is -2.35. The zero-order valence-corrected chi connectivity index (χ0v) is 13.2. The Bertz CT molecular complexity index is 693. The number of rotatable bonds is 3. The van der Waals surface area contributed by atoms with E-state index in [1.807, 2.05) is 60.9 Å². The van der Waals surface area contributed by atoms with Crippen LogP contribution in [0.2, 0.25) is 0 Å². The summed E-state index contributed by atoms with van der Waals surface area (Å²) in [5.41, 5.74) is 3.11. The van der Waals surface area contributed by atoms with E-state index in [1.54, 1.807) is 0 Å². The van der Waals surface area contributed by atoms with Gasteiger partial charge in [-0.15, -0.1) is 0 Å². The zero-order chi connectivity index (χ0) is 15.7. The van der Waals surface area contributed by atoms with E-state index in [0.29, 0.717) is 19.4 Å². The van der Waals surface area contributed by atoms with Gasteiger partial charge in [-0.05, 0) is 38.0 Å². The van der Waals surface area contributed by atoms with Gasteiger partial charge in [0.15, 0.2) is 0 Å². The standard InChI is InChI=1S/C17H21N3O2/c1-12-11-22-16-7-5-4-6-15(16)20(12)17(21)9-8-14-10-18-19(3)13(14)2/h4-7,10,12H,8-9,11H2,1-3H3/t12-/m0/s1. The minimum atomic E-state index is 0.0531. The number of nitrogens with zero attached hydrogens (tertiary/aromatic N) is 3. The van der Waals surface area contributed by atoms with Crippen LogP contribution in [0.5, 0.6) is 5.75 Å². The third kappa shape index (κ3) is 2.58. The Hall–Kier alpha value is -2.30. The number of para-hydroxylation sites is 2. The summed E-state index contributed by atoms with van der Waals surface area (Å²) in [5.74, 6) is 0.915. The van der Waals surface area contributed by atoms with Crippen LogP contribution >= 0.6 is 0 Å². The van der Waals surface area contributed by atoms with E-state index < -0.39 is 0 Å². The molecule has 0 unspecified atom stereocenters. The number of hydrogen-bond acceptors (Lipinski definition) is 3. The predicted octanol–water partition coefficient (Wildman–Crippen LogP) is 2.48. The van der Waals surface area contributed by atoms with Gasteiger partial charge in [-0.2, -0.15) is 5.10 Å². The van der Waals surface area contributed by atoms with Gasteiger partial charge in [0, 0.05) is 19.2 Å². The van der Waals surface area contributed by atoms with Crippen LogP contribution in [0.3, 0.4) is 0 Å². The molecule has 0 spiro atoms. The van der Waals surface area contributed by atoms with Crippen molar-refractivity contribution in [2.24, 2.45) is 7.05 Å². The number of amides is 1. The van der Waals surface area contributed by atoms with Crippen molar-refractivity contribution in [1.29, 1.82) is 0 Å². The number of fused-ring (bicyclic) bond motifs is 1. The highest BCUT2D eigenvalue weighted by atomic mass is 16.5. The molecule has 0 radical (unpaired) electrons. The maximum Gasteiger partial charge on any atom is 0.227 e. The topological polar surface area (TPSA) is 47.4 Å². The van der Waals surface area contributed by atoms with Crippen LogP contribution in [0.25, 0.3) is 0 Å². The van der Waals surface area contributed by atoms with Crippen LogP contribution in [0.15, 0.2) is 30.5 Å². The summed E-state index contributed by atoms with van der Waals surface area (Å²) in [4.78, 5) is 14.6. The van der Waals surface area contributed by atoms with Crippen LogP contribution in [-0.4, -0.2) is 28.3 Å². The Morgan fingerprint density at radius 3 is 2.91 bits per heavy atom. The molecule has 3 rings (SSSR count). The average molecular weight is 299 g/mol. The van der Waals surface area contributed by atoms with Crippen molar-refractivity contribution < 1.29 is 9.53 Å². The predicted molar refractivity (Wildman–Crippen MR) is 85.2 cm³/mol. The van der Waals surface area contributed by atoms with E-state index in [9.17, 15) is 4.79 Å². The zero-order valence-electron chi connectivity index (χ0n) is 13.2. The van der Waals surface area contributed by atoms with Crippen molar-refractivity contribution in [2.75, 3.05) is 11.5 Å². The van der Waals surface area contributed by atoms with Crippen molar-refractivity contribution in [3.05, 3.63) is 41.7 Å². The maximum absolute atomic E-state index is 12.7. The number of aryl methyl sites for hydroxylation is 2. The molecule has 1 amide bonds. The van der Waals surface area contributed by atoms with Gasteiger partial charge in [-0.1, -0.05) is 12.1 Å². The van der Waals surface area contributed by atoms with Gasteiger partial charge in [0.05, 0.1) is 17.9 Å². The van der Waals surface area contributed by atoms with Crippen LogP contribution in [0, 0.1) is 6.92 Å². The molecule has 1 atom stereocenters. The molecule has 1 aromatic carbocycles. The fourth-order valence-electron chi connectivity index (χ4n) is 2.83. The molecule has 1 aromatic heterocycles. The SMILES string of the molecule is Cc1c(CCC(=O)N2c3ccccc3OC[C@@H]2C)cnn1C. The molecule has 0 saturated carbocycles. The number of benzene rings is 1. The molecule has 22 heavy (non-hydrogen) atoms. The van der Waals surface area contributed by atoms with E-state index in [1.165, 1.54) is 0 Å². The van der Waals surface area contributed by atoms with E-state index in [0.717, 1.165) is 22.7 Å². The molecule has 116 valence electrons. The first kappa shape index (κ1) is 14.6. The quantitative estimate of drug-likeness (QED) is 0.875. The smallest absolute Gasteiger partial charge is 0.227 e. The normalized spacial score (nSPS) is 17.0. The Kier molecular flexibility index (Phi) is 3.88. The molecule has 0 saturated heterocycles. The number of hydrogen-bond donors (Lipinski definition) is 0. The number of anilines is 1. The second-order valence-corrected chi connectivity index (χ2v) is 5.77. The Morgan fingerprint density at radius 1 is 1.41 bits per heavy atom. The molecule has 1 aliphatic heterocycles. The molecule has 0 bridgehead atoms. The lowest BCUT2D eigenvalue weighted by atomic mass is 10.1. The first-order valence-corrected chi connectivity index (χ1v) is 7.59. The lowest BCUT2D eigenvalue weighted by molar-refractivity contribution is -0.119. The number of carbonyl (C=O) groups is 1. The molecular weight excluding hydrogens is 278 g/mol. The minimum Gasteiger partial charge on any atom is -0.489 e. The Balaban J connectivity index is 1.76. The summed E-state index contributed by atoms with van der Waals surface area (Å²) in [6.45, 7) is 4.58. The minimum absolute atomic E-state index is 0.0531. The molecule has 5 nitrogen and oxygen atoms in total. The van der Waals surface area contributed by atoms with E-state index in [-0.39, 0.29) is 11.9 Å². The van der Waals surface area contributed by atoms with E-state index in [4.69, 9.17) is 4.74 Å². The van der Waals surface area contributed by atoms with Gasteiger partial charge in [0.25, 0.3) is 0 Å². The van der Waals surface area contributed by atoms with Crippen LogP contribution in [-0.2, 0) is 18.3 Å². The Morgan fingerprint density at radius 2 is 2.18 bits per heavy atom. The molecule has 0 N–H and O–H groups in total. The molecular formula is C17H21N3O2. The second kappa shape index (κ2) is 5.83. The molecule has 1 aliphatic rings. The van der Waals surface area contributed by atoms with Gasteiger partial charge in [0.2, 0.25) is 5.91 Å². The van der Waals surface area contributed by atoms with Gasteiger partial charge in [-0.25, -0.2) is 0 Å². The Labute approximate surface area is 130 Å². The largest absolute Gasteiger partial charge is 0.489 e. The molecule has 2 heterocycles. The van der Waals surface area contributed by atoms with Crippen LogP contribution in [0.1, 0.15) is 24.6 Å². The van der Waals surface area contributed by atoms with Crippen LogP contribution in [0.4, 0.5) is 5.69 Å². The fraction of sp³-hybridized carbons (Fsp3) is 0.412. The summed E-state index contributed by atoms with van der Waals surface area (Å²) < 4.78 is 7.53. The van der Waals surface area contributed by atoms with Crippen molar-refractivity contribution in [2.45, 2.75) is 32.7 Å². The van der Waals surface area contributed by atoms with Gasteiger partial charge < -0.3 is 9.64 Å². The van der Waals surface area contributed by atoms with Crippen molar-refractivity contribution >= 4 is 11.6 Å². The summed E-state index contributed by atoms with van der Waals surface area (Å²) >= 11 is 0.